The largest absolute Gasteiger partial charge is 0.350 e. The van der Waals surface area contributed by atoms with Gasteiger partial charge in [-0.25, -0.2) is 0 Å². The van der Waals surface area contributed by atoms with Gasteiger partial charge in [0.15, 0.2) is 0 Å². The summed E-state index contributed by atoms with van der Waals surface area (Å²) in [6.45, 7) is 6.23. The first-order valence-electron chi connectivity index (χ1n) is 8.73. The predicted octanol–water partition coefficient (Wildman–Crippen LogP) is 5.21. The average molecular weight is 403 g/mol. The molecule has 1 N–H and O–H groups in total. The molecular formula is C21H20Cl2N2O2. The fourth-order valence-corrected chi connectivity index (χ4v) is 3.65. The molecule has 6 heteroatoms. The van der Waals surface area contributed by atoms with Crippen LogP contribution in [0.5, 0.6) is 0 Å². The summed E-state index contributed by atoms with van der Waals surface area (Å²) in [6, 6.07) is 10.8. The molecule has 0 aromatic heterocycles. The van der Waals surface area contributed by atoms with Crippen LogP contribution in [0.15, 0.2) is 42.1 Å². The van der Waals surface area contributed by atoms with E-state index in [0.29, 0.717) is 28.6 Å². The second-order valence-electron chi connectivity index (χ2n) is 6.58. The second kappa shape index (κ2) is 7.75. The molecule has 2 amide bonds. The molecule has 0 atom stereocenters. The van der Waals surface area contributed by atoms with E-state index in [4.69, 9.17) is 23.2 Å². The van der Waals surface area contributed by atoms with Gasteiger partial charge in [0.25, 0.3) is 11.8 Å². The van der Waals surface area contributed by atoms with E-state index < -0.39 is 0 Å². The highest BCUT2D eigenvalue weighted by Gasteiger charge is 2.39. The van der Waals surface area contributed by atoms with Crippen molar-refractivity contribution in [2.75, 3.05) is 11.9 Å². The van der Waals surface area contributed by atoms with Crippen molar-refractivity contribution >= 4 is 46.3 Å². The Balaban J connectivity index is 2.14. The minimum absolute atomic E-state index is 0.240. The molecule has 1 heterocycles. The van der Waals surface area contributed by atoms with Crippen LogP contribution in [0.4, 0.5) is 5.69 Å². The van der Waals surface area contributed by atoms with E-state index in [-0.39, 0.29) is 23.1 Å². The van der Waals surface area contributed by atoms with Crippen molar-refractivity contribution in [3.8, 4) is 0 Å². The van der Waals surface area contributed by atoms with Crippen molar-refractivity contribution in [3.05, 3.63) is 68.8 Å². The Morgan fingerprint density at radius 3 is 2.37 bits per heavy atom. The van der Waals surface area contributed by atoms with Crippen molar-refractivity contribution in [1.29, 1.82) is 0 Å². The molecule has 0 spiro atoms. The summed E-state index contributed by atoms with van der Waals surface area (Å²) < 4.78 is 0. The molecule has 2 aromatic carbocycles. The number of carbonyl (C=O) groups excluding carboxylic acids is 2. The predicted molar refractivity (Wildman–Crippen MR) is 110 cm³/mol. The normalized spacial score (nSPS) is 14.3. The average Bonchev–Trinajstić information content (AvgIpc) is 2.82. The monoisotopic (exact) mass is 402 g/mol. The Bertz CT molecular complexity index is 967. The molecule has 27 heavy (non-hydrogen) atoms. The third-order valence-corrected chi connectivity index (χ3v) is 5.01. The molecule has 0 bridgehead atoms. The highest BCUT2D eigenvalue weighted by atomic mass is 35.5. The SMILES string of the molecule is CCCN1C(=O)C(Nc2ccc(C)cc2C)=C(c2ccc(Cl)cc2Cl)C1=O. The maximum absolute atomic E-state index is 13.0. The van der Waals surface area contributed by atoms with Crippen LogP contribution in [0, 0.1) is 13.8 Å². The van der Waals surface area contributed by atoms with Gasteiger partial charge in [0.05, 0.1) is 10.6 Å². The lowest BCUT2D eigenvalue weighted by atomic mass is 10.0. The molecule has 0 saturated heterocycles. The number of anilines is 1. The molecule has 1 aliphatic rings. The first-order valence-corrected chi connectivity index (χ1v) is 9.49. The fourth-order valence-electron chi connectivity index (χ4n) is 3.15. The third kappa shape index (κ3) is 3.73. The number of hydrogen-bond donors (Lipinski definition) is 1. The minimum atomic E-state index is -0.349. The first-order chi connectivity index (χ1) is 12.8. The Hall–Kier alpha value is -2.30. The summed E-state index contributed by atoms with van der Waals surface area (Å²) in [5.74, 6) is -0.693. The number of nitrogens with zero attached hydrogens (tertiary/aromatic N) is 1. The highest BCUT2D eigenvalue weighted by Crippen LogP contribution is 2.35. The number of aryl methyl sites for hydroxylation is 2. The molecule has 0 fully saturated rings. The fraction of sp³-hybridized carbons (Fsp3) is 0.238. The van der Waals surface area contributed by atoms with Gasteiger partial charge < -0.3 is 5.32 Å². The quantitative estimate of drug-likeness (QED) is 0.697. The van der Waals surface area contributed by atoms with Crippen LogP contribution in [-0.4, -0.2) is 23.3 Å². The number of imide groups is 1. The lowest BCUT2D eigenvalue weighted by molar-refractivity contribution is -0.136. The molecule has 0 radical (unpaired) electrons. The summed E-state index contributed by atoms with van der Waals surface area (Å²) >= 11 is 12.3. The lowest BCUT2D eigenvalue weighted by Gasteiger charge is -2.14. The Kier molecular flexibility index (Phi) is 5.59. The van der Waals surface area contributed by atoms with E-state index in [1.807, 2.05) is 39.0 Å². The number of amides is 2. The minimum Gasteiger partial charge on any atom is -0.350 e. The van der Waals surface area contributed by atoms with Gasteiger partial charge in [-0.05, 0) is 44.0 Å². The summed E-state index contributed by atoms with van der Waals surface area (Å²) in [5, 5.41) is 3.97. The zero-order chi connectivity index (χ0) is 19.7. The van der Waals surface area contributed by atoms with E-state index in [1.165, 1.54) is 4.90 Å². The Morgan fingerprint density at radius 1 is 1.00 bits per heavy atom. The van der Waals surface area contributed by atoms with Crippen LogP contribution in [-0.2, 0) is 9.59 Å². The summed E-state index contributed by atoms with van der Waals surface area (Å²) in [5.41, 5.74) is 3.88. The van der Waals surface area contributed by atoms with Crippen molar-refractivity contribution < 1.29 is 9.59 Å². The van der Waals surface area contributed by atoms with Crippen LogP contribution in [0.3, 0.4) is 0 Å². The molecular weight excluding hydrogens is 383 g/mol. The van der Waals surface area contributed by atoms with Crippen LogP contribution in [0.25, 0.3) is 5.57 Å². The summed E-state index contributed by atoms with van der Waals surface area (Å²) in [7, 11) is 0. The number of halogens is 2. The number of rotatable bonds is 5. The van der Waals surface area contributed by atoms with Gasteiger partial charge in [-0.3, -0.25) is 14.5 Å². The van der Waals surface area contributed by atoms with Gasteiger partial charge in [0.1, 0.15) is 5.70 Å². The number of carbonyl (C=O) groups is 2. The summed E-state index contributed by atoms with van der Waals surface area (Å²) in [6.07, 6.45) is 0.677. The molecule has 0 saturated carbocycles. The third-order valence-electron chi connectivity index (χ3n) is 4.46. The van der Waals surface area contributed by atoms with Gasteiger partial charge in [-0.15, -0.1) is 0 Å². The molecule has 0 unspecified atom stereocenters. The topological polar surface area (TPSA) is 49.4 Å². The zero-order valence-electron chi connectivity index (χ0n) is 15.4. The highest BCUT2D eigenvalue weighted by molar-refractivity contribution is 6.41. The van der Waals surface area contributed by atoms with Crippen molar-refractivity contribution in [3.63, 3.8) is 0 Å². The first kappa shape index (κ1) is 19.5. The zero-order valence-corrected chi connectivity index (χ0v) is 16.9. The van der Waals surface area contributed by atoms with Gasteiger partial charge >= 0.3 is 0 Å². The molecule has 2 aromatic rings. The molecule has 3 rings (SSSR count). The van der Waals surface area contributed by atoms with Gasteiger partial charge in [0.2, 0.25) is 0 Å². The number of hydrogen-bond acceptors (Lipinski definition) is 3. The van der Waals surface area contributed by atoms with E-state index in [2.05, 4.69) is 5.32 Å². The van der Waals surface area contributed by atoms with Crippen LogP contribution >= 0.6 is 23.2 Å². The maximum atomic E-state index is 13.0. The van der Waals surface area contributed by atoms with E-state index in [0.717, 1.165) is 16.8 Å². The smallest absolute Gasteiger partial charge is 0.278 e. The van der Waals surface area contributed by atoms with Crippen LogP contribution in [0.1, 0.15) is 30.0 Å². The van der Waals surface area contributed by atoms with Crippen molar-refractivity contribution in [1.82, 2.24) is 4.90 Å². The molecule has 1 aliphatic heterocycles. The van der Waals surface area contributed by atoms with E-state index >= 15 is 0 Å². The van der Waals surface area contributed by atoms with E-state index in [1.54, 1.807) is 18.2 Å². The lowest BCUT2D eigenvalue weighted by Crippen LogP contribution is -2.33. The van der Waals surface area contributed by atoms with Crippen LogP contribution < -0.4 is 5.32 Å². The Labute approximate surface area is 168 Å². The van der Waals surface area contributed by atoms with Gasteiger partial charge in [-0.1, -0.05) is 53.9 Å². The van der Waals surface area contributed by atoms with Crippen molar-refractivity contribution in [2.45, 2.75) is 27.2 Å². The molecule has 0 aliphatic carbocycles. The maximum Gasteiger partial charge on any atom is 0.278 e. The second-order valence-corrected chi connectivity index (χ2v) is 7.42. The molecule has 4 nitrogen and oxygen atoms in total. The number of benzene rings is 2. The number of nitrogens with one attached hydrogen (secondary N) is 1. The van der Waals surface area contributed by atoms with Gasteiger partial charge in [-0.2, -0.15) is 0 Å². The van der Waals surface area contributed by atoms with Gasteiger partial charge in [0, 0.05) is 22.8 Å². The summed E-state index contributed by atoms with van der Waals surface area (Å²) in [4.78, 5) is 27.2. The van der Waals surface area contributed by atoms with Crippen molar-refractivity contribution in [2.24, 2.45) is 0 Å². The molecule has 140 valence electrons. The van der Waals surface area contributed by atoms with Crippen LogP contribution in [0.2, 0.25) is 10.0 Å². The van der Waals surface area contributed by atoms with E-state index in [9.17, 15) is 9.59 Å². The standard InChI is InChI=1S/C21H20Cl2N2O2/c1-4-9-25-20(26)18(15-7-6-14(22)11-16(15)23)19(21(25)27)24-17-8-5-12(2)10-13(17)3/h5-8,10-11,24H,4,9H2,1-3H3. The Morgan fingerprint density at radius 2 is 1.74 bits per heavy atom.